The second kappa shape index (κ2) is 12.7. The van der Waals surface area contributed by atoms with Crippen LogP contribution in [0.2, 0.25) is 5.02 Å². The summed E-state index contributed by atoms with van der Waals surface area (Å²) in [6.45, 7) is 5.91. The van der Waals surface area contributed by atoms with Gasteiger partial charge in [0.25, 0.3) is 0 Å². The lowest BCUT2D eigenvalue weighted by Gasteiger charge is -2.31. The van der Waals surface area contributed by atoms with E-state index in [1.54, 1.807) is 24.1 Å². The Balaban J connectivity index is 2.19. The van der Waals surface area contributed by atoms with E-state index in [0.717, 1.165) is 5.56 Å². The number of benzene rings is 2. The number of hydrogen-bond acceptors (Lipinski definition) is 4. The third-order valence-corrected chi connectivity index (χ3v) is 6.14. The number of nitrogens with zero attached hydrogens (tertiary/aromatic N) is 1. The number of carbonyl (C=O) groups is 2. The van der Waals surface area contributed by atoms with Crippen LogP contribution in [-0.2, 0) is 21.9 Å². The minimum atomic E-state index is -0.617. The van der Waals surface area contributed by atoms with Gasteiger partial charge in [-0.1, -0.05) is 36.7 Å². The minimum Gasteiger partial charge on any atom is -0.497 e. The summed E-state index contributed by atoms with van der Waals surface area (Å²) in [6, 6.07) is 11.3. The molecule has 0 aliphatic heterocycles. The maximum absolute atomic E-state index is 14.0. The quantitative estimate of drug-likeness (QED) is 0.488. The lowest BCUT2D eigenvalue weighted by Crippen LogP contribution is -2.50. The van der Waals surface area contributed by atoms with Crippen LogP contribution in [0, 0.1) is 5.82 Å². The van der Waals surface area contributed by atoms with Crippen LogP contribution in [0.5, 0.6) is 5.75 Å². The number of halogens is 2. The standard InChI is InChI=1S/C24H30ClFN2O3S/c1-5-22(24(30)27-16(2)3)28(13-17-8-6-9-18(12-17)31-4)23(29)15-32-14-19-20(25)10-7-11-21(19)26/h6-12,16,22H,5,13-15H2,1-4H3,(H,27,30). The van der Waals surface area contributed by atoms with Gasteiger partial charge in [0, 0.05) is 28.9 Å². The van der Waals surface area contributed by atoms with Crippen molar-refractivity contribution in [3.05, 3.63) is 64.4 Å². The third-order valence-electron chi connectivity index (χ3n) is 4.84. The fraction of sp³-hybridized carbons (Fsp3) is 0.417. The van der Waals surface area contributed by atoms with Crippen LogP contribution >= 0.6 is 23.4 Å². The smallest absolute Gasteiger partial charge is 0.243 e. The Morgan fingerprint density at radius 3 is 2.56 bits per heavy atom. The van der Waals surface area contributed by atoms with E-state index in [1.807, 2.05) is 45.0 Å². The highest BCUT2D eigenvalue weighted by Gasteiger charge is 2.29. The van der Waals surface area contributed by atoms with E-state index in [-0.39, 0.29) is 35.9 Å². The molecule has 0 aromatic heterocycles. The van der Waals surface area contributed by atoms with Crippen LogP contribution in [0.25, 0.3) is 0 Å². The van der Waals surface area contributed by atoms with Crippen molar-refractivity contribution < 1.29 is 18.7 Å². The molecule has 2 amide bonds. The van der Waals surface area contributed by atoms with Crippen molar-refractivity contribution in [1.82, 2.24) is 10.2 Å². The summed E-state index contributed by atoms with van der Waals surface area (Å²) in [7, 11) is 1.58. The molecule has 0 radical (unpaired) electrons. The summed E-state index contributed by atoms with van der Waals surface area (Å²) in [5.41, 5.74) is 1.23. The Hall–Kier alpha value is -2.25. The van der Waals surface area contributed by atoms with E-state index in [0.29, 0.717) is 22.8 Å². The van der Waals surface area contributed by atoms with E-state index >= 15 is 0 Å². The molecule has 0 saturated heterocycles. The van der Waals surface area contributed by atoms with Gasteiger partial charge in [0.2, 0.25) is 11.8 Å². The first-order chi connectivity index (χ1) is 15.3. The van der Waals surface area contributed by atoms with Crippen molar-refractivity contribution in [2.45, 2.75) is 51.6 Å². The Bertz CT molecular complexity index is 906. The van der Waals surface area contributed by atoms with E-state index in [9.17, 15) is 14.0 Å². The number of nitrogens with one attached hydrogen (secondary N) is 1. The second-order valence-corrected chi connectivity index (χ2v) is 9.05. The Labute approximate surface area is 198 Å². The third kappa shape index (κ3) is 7.41. The molecule has 0 saturated carbocycles. The summed E-state index contributed by atoms with van der Waals surface area (Å²) in [5, 5.41) is 3.24. The molecule has 1 N–H and O–H groups in total. The molecule has 2 rings (SSSR count). The molecule has 2 aromatic rings. The summed E-state index contributed by atoms with van der Waals surface area (Å²) >= 11 is 7.36. The van der Waals surface area contributed by atoms with Crippen molar-refractivity contribution >= 4 is 35.2 Å². The van der Waals surface area contributed by atoms with E-state index in [4.69, 9.17) is 16.3 Å². The topological polar surface area (TPSA) is 58.6 Å². The van der Waals surface area contributed by atoms with Crippen LogP contribution in [0.4, 0.5) is 4.39 Å². The average molecular weight is 481 g/mol. The zero-order chi connectivity index (χ0) is 23.7. The number of methoxy groups -OCH3 is 1. The fourth-order valence-electron chi connectivity index (χ4n) is 3.26. The van der Waals surface area contributed by atoms with Crippen molar-refractivity contribution in [2.24, 2.45) is 0 Å². The summed E-state index contributed by atoms with van der Waals surface area (Å²) in [4.78, 5) is 27.6. The number of rotatable bonds is 11. The molecular formula is C24H30ClFN2O3S. The van der Waals surface area contributed by atoms with Crippen molar-refractivity contribution in [3.63, 3.8) is 0 Å². The molecular weight excluding hydrogens is 451 g/mol. The van der Waals surface area contributed by atoms with Crippen LogP contribution in [0.15, 0.2) is 42.5 Å². The molecule has 0 aliphatic rings. The van der Waals surface area contributed by atoms with Gasteiger partial charge < -0.3 is 15.0 Å². The van der Waals surface area contributed by atoms with Gasteiger partial charge in [-0.15, -0.1) is 11.8 Å². The molecule has 2 aromatic carbocycles. The predicted molar refractivity (Wildman–Crippen MR) is 128 cm³/mol. The van der Waals surface area contributed by atoms with Crippen LogP contribution in [0.1, 0.15) is 38.3 Å². The SMILES string of the molecule is CCC(C(=O)NC(C)C)N(Cc1cccc(OC)c1)C(=O)CSCc1c(F)cccc1Cl. The number of hydrogen-bond donors (Lipinski definition) is 1. The number of ether oxygens (including phenoxy) is 1. The predicted octanol–water partition coefficient (Wildman–Crippen LogP) is 5.05. The van der Waals surface area contributed by atoms with Gasteiger partial charge in [0.05, 0.1) is 12.9 Å². The lowest BCUT2D eigenvalue weighted by molar-refractivity contribution is -0.139. The van der Waals surface area contributed by atoms with Gasteiger partial charge in [-0.3, -0.25) is 9.59 Å². The van der Waals surface area contributed by atoms with Crippen molar-refractivity contribution in [1.29, 1.82) is 0 Å². The monoisotopic (exact) mass is 480 g/mol. The van der Waals surface area contributed by atoms with E-state index < -0.39 is 11.9 Å². The summed E-state index contributed by atoms with van der Waals surface area (Å²) in [5.74, 6) is 0.253. The zero-order valence-electron chi connectivity index (χ0n) is 18.9. The number of thioether (sulfide) groups is 1. The van der Waals surface area contributed by atoms with E-state index in [1.165, 1.54) is 17.8 Å². The lowest BCUT2D eigenvalue weighted by atomic mass is 10.1. The molecule has 1 atom stereocenters. The molecule has 0 heterocycles. The maximum Gasteiger partial charge on any atom is 0.243 e. The second-order valence-electron chi connectivity index (χ2n) is 7.65. The van der Waals surface area contributed by atoms with Gasteiger partial charge in [-0.05, 0) is 50.1 Å². The van der Waals surface area contributed by atoms with Crippen LogP contribution < -0.4 is 10.1 Å². The summed E-state index contributed by atoms with van der Waals surface area (Å²) in [6.07, 6.45) is 0.470. The van der Waals surface area contributed by atoms with Crippen molar-refractivity contribution in [3.8, 4) is 5.75 Å². The first-order valence-corrected chi connectivity index (χ1v) is 12.0. The van der Waals surface area contributed by atoms with Gasteiger partial charge in [0.1, 0.15) is 17.6 Å². The molecule has 0 aliphatic carbocycles. The summed E-state index contributed by atoms with van der Waals surface area (Å²) < 4.78 is 19.3. The van der Waals surface area contributed by atoms with Gasteiger partial charge in [-0.2, -0.15) is 0 Å². The van der Waals surface area contributed by atoms with Crippen LogP contribution in [-0.4, -0.2) is 41.7 Å². The Morgan fingerprint density at radius 2 is 1.94 bits per heavy atom. The number of carbonyl (C=O) groups excluding carboxylic acids is 2. The minimum absolute atomic E-state index is 0.0390. The molecule has 1 unspecified atom stereocenters. The Morgan fingerprint density at radius 1 is 1.22 bits per heavy atom. The highest BCUT2D eigenvalue weighted by Crippen LogP contribution is 2.25. The molecule has 0 bridgehead atoms. The van der Waals surface area contributed by atoms with Crippen LogP contribution in [0.3, 0.4) is 0 Å². The van der Waals surface area contributed by atoms with Gasteiger partial charge in [0.15, 0.2) is 0 Å². The molecule has 0 fully saturated rings. The highest BCUT2D eigenvalue weighted by atomic mass is 35.5. The molecule has 174 valence electrons. The normalized spacial score (nSPS) is 11.8. The fourth-order valence-corrected chi connectivity index (χ4v) is 4.51. The first kappa shape index (κ1) is 26.0. The largest absolute Gasteiger partial charge is 0.497 e. The van der Waals surface area contributed by atoms with Gasteiger partial charge >= 0.3 is 0 Å². The Kier molecular flexibility index (Phi) is 10.3. The van der Waals surface area contributed by atoms with E-state index in [2.05, 4.69) is 5.32 Å². The molecule has 8 heteroatoms. The average Bonchev–Trinajstić information content (AvgIpc) is 2.75. The first-order valence-electron chi connectivity index (χ1n) is 10.5. The maximum atomic E-state index is 14.0. The van der Waals surface area contributed by atoms with Crippen molar-refractivity contribution in [2.75, 3.05) is 12.9 Å². The molecule has 5 nitrogen and oxygen atoms in total. The number of amides is 2. The highest BCUT2D eigenvalue weighted by molar-refractivity contribution is 7.99. The zero-order valence-corrected chi connectivity index (χ0v) is 20.4. The van der Waals surface area contributed by atoms with Gasteiger partial charge in [-0.25, -0.2) is 4.39 Å². The molecule has 32 heavy (non-hydrogen) atoms. The molecule has 0 spiro atoms.